The fourth-order valence-corrected chi connectivity index (χ4v) is 3.95. The van der Waals surface area contributed by atoms with Crippen molar-refractivity contribution < 1.29 is 18.7 Å². The summed E-state index contributed by atoms with van der Waals surface area (Å²) in [5.74, 6) is 0.0342. The maximum absolute atomic E-state index is 14.2. The van der Waals surface area contributed by atoms with Gasteiger partial charge in [0.25, 0.3) is 0 Å². The molecule has 4 rings (SSSR count). The number of halogens is 1. The number of nitrogens with one attached hydrogen (secondary N) is 1. The monoisotopic (exact) mass is 473 g/mol. The van der Waals surface area contributed by atoms with Crippen LogP contribution < -0.4 is 15.0 Å². The van der Waals surface area contributed by atoms with Gasteiger partial charge in [-0.05, 0) is 42.5 Å². The number of hydrogen-bond donors (Lipinski definition) is 1. The molecule has 0 aliphatic rings. The van der Waals surface area contributed by atoms with Crippen LogP contribution in [0.3, 0.4) is 0 Å². The highest BCUT2D eigenvalue weighted by Crippen LogP contribution is 2.31. The molecule has 0 atom stereocenters. The Bertz CT molecular complexity index is 1340. The third-order valence-corrected chi connectivity index (χ3v) is 5.44. The molecule has 2 amide bonds. The number of carbonyl (C=O) groups is 2. The second-order valence-electron chi connectivity index (χ2n) is 7.13. The summed E-state index contributed by atoms with van der Waals surface area (Å²) in [6.07, 6.45) is 2.87. The first kappa shape index (κ1) is 22.9. The van der Waals surface area contributed by atoms with E-state index in [4.69, 9.17) is 4.74 Å². The fraction of sp³-hybridized carbons (Fsp3) is 0.0385. The summed E-state index contributed by atoms with van der Waals surface area (Å²) in [4.78, 5) is 30.1. The largest absolute Gasteiger partial charge is 0.457 e. The molecule has 0 aliphatic heterocycles. The maximum Gasteiger partial charge on any atom is 0.248 e. The molecule has 4 aromatic rings. The number of nitrogens with zero attached hydrogens (tertiary/aromatic N) is 2. The van der Waals surface area contributed by atoms with Crippen LogP contribution in [0.2, 0.25) is 0 Å². The first-order valence-corrected chi connectivity index (χ1v) is 11.2. The predicted octanol–water partition coefficient (Wildman–Crippen LogP) is 6.41. The summed E-state index contributed by atoms with van der Waals surface area (Å²) in [6, 6.07) is 22.4. The Hall–Kier alpha value is -4.30. The molecule has 0 radical (unpaired) electrons. The number of thiazole rings is 1. The van der Waals surface area contributed by atoms with E-state index in [1.807, 2.05) is 30.3 Å². The van der Waals surface area contributed by atoms with E-state index in [1.54, 1.807) is 41.8 Å². The molecule has 0 fully saturated rings. The molecule has 8 heteroatoms. The van der Waals surface area contributed by atoms with Crippen molar-refractivity contribution >= 4 is 45.7 Å². The first-order chi connectivity index (χ1) is 16.5. The van der Waals surface area contributed by atoms with Crippen LogP contribution >= 0.6 is 11.3 Å². The van der Waals surface area contributed by atoms with E-state index in [0.29, 0.717) is 28.0 Å². The fourth-order valence-electron chi connectivity index (χ4n) is 3.10. The number of para-hydroxylation sites is 2. The average molecular weight is 474 g/mol. The number of anilines is 3. The van der Waals surface area contributed by atoms with Gasteiger partial charge in [-0.3, -0.25) is 14.5 Å². The van der Waals surface area contributed by atoms with Crippen molar-refractivity contribution in [3.8, 4) is 11.5 Å². The van der Waals surface area contributed by atoms with Gasteiger partial charge in [0, 0.05) is 30.1 Å². The van der Waals surface area contributed by atoms with E-state index < -0.39 is 5.82 Å². The van der Waals surface area contributed by atoms with Gasteiger partial charge in [-0.1, -0.05) is 36.4 Å². The summed E-state index contributed by atoms with van der Waals surface area (Å²) in [5, 5.41) is 4.77. The Balaban J connectivity index is 1.43. The highest BCUT2D eigenvalue weighted by Gasteiger charge is 2.20. The van der Waals surface area contributed by atoms with Gasteiger partial charge in [-0.25, -0.2) is 9.37 Å². The van der Waals surface area contributed by atoms with Crippen LogP contribution in [0.1, 0.15) is 12.6 Å². The minimum absolute atomic E-state index is 0.121. The molecule has 0 bridgehead atoms. The lowest BCUT2D eigenvalue weighted by atomic mass is 10.3. The van der Waals surface area contributed by atoms with Crippen molar-refractivity contribution in [1.82, 2.24) is 4.98 Å². The Morgan fingerprint density at radius 1 is 1.00 bits per heavy atom. The standard InChI is InChI=1S/C26H20FN3O3S/c1-18(31)30(24-13-6-5-12-23(24)27)26-29-20(17-34-26)14-15-25(32)28-19-8-7-11-22(16-19)33-21-9-3-2-4-10-21/h2-17H,1H3,(H,28,32). The normalized spacial score (nSPS) is 10.8. The minimum atomic E-state index is -0.525. The van der Waals surface area contributed by atoms with Gasteiger partial charge in [0.2, 0.25) is 11.8 Å². The lowest BCUT2D eigenvalue weighted by Crippen LogP contribution is -2.23. The molecular formula is C26H20FN3O3S. The number of aromatic nitrogens is 1. The summed E-state index contributed by atoms with van der Waals surface area (Å²) in [7, 11) is 0. The molecular weight excluding hydrogens is 453 g/mol. The molecule has 1 N–H and O–H groups in total. The van der Waals surface area contributed by atoms with Crippen LogP contribution in [0.4, 0.5) is 20.9 Å². The van der Waals surface area contributed by atoms with Crippen LogP contribution in [0, 0.1) is 5.82 Å². The van der Waals surface area contributed by atoms with Gasteiger partial charge in [-0.15, -0.1) is 11.3 Å². The molecule has 1 aromatic heterocycles. The summed E-state index contributed by atoms with van der Waals surface area (Å²) < 4.78 is 20.0. The number of carbonyl (C=O) groups excluding carboxylic acids is 2. The summed E-state index contributed by atoms with van der Waals surface area (Å²) in [5.41, 5.74) is 1.17. The molecule has 170 valence electrons. The van der Waals surface area contributed by atoms with Crippen LogP contribution in [0.5, 0.6) is 11.5 Å². The second-order valence-corrected chi connectivity index (χ2v) is 7.96. The third kappa shape index (κ3) is 5.73. The maximum atomic E-state index is 14.2. The SMILES string of the molecule is CC(=O)N(c1nc(C=CC(=O)Nc2cccc(Oc3ccccc3)c2)cs1)c1ccccc1F. The van der Waals surface area contributed by atoms with Crippen molar-refractivity contribution in [3.63, 3.8) is 0 Å². The highest BCUT2D eigenvalue weighted by molar-refractivity contribution is 7.14. The average Bonchev–Trinajstić information content (AvgIpc) is 3.28. The van der Waals surface area contributed by atoms with E-state index in [0.717, 1.165) is 0 Å². The smallest absolute Gasteiger partial charge is 0.248 e. The first-order valence-electron chi connectivity index (χ1n) is 10.3. The zero-order valence-corrected chi connectivity index (χ0v) is 19.0. The molecule has 0 unspecified atom stereocenters. The molecule has 3 aromatic carbocycles. The van der Waals surface area contributed by atoms with Crippen LogP contribution in [0.25, 0.3) is 6.08 Å². The molecule has 0 saturated heterocycles. The molecule has 0 spiro atoms. The van der Waals surface area contributed by atoms with Crippen molar-refractivity contribution in [3.05, 3.63) is 102 Å². The van der Waals surface area contributed by atoms with Crippen molar-refractivity contribution in [2.24, 2.45) is 0 Å². The van der Waals surface area contributed by atoms with Gasteiger partial charge in [0.15, 0.2) is 5.13 Å². The topological polar surface area (TPSA) is 71.5 Å². The van der Waals surface area contributed by atoms with Crippen molar-refractivity contribution in [1.29, 1.82) is 0 Å². The Labute approximate surface area is 200 Å². The van der Waals surface area contributed by atoms with E-state index in [-0.39, 0.29) is 17.5 Å². The summed E-state index contributed by atoms with van der Waals surface area (Å²) in [6.45, 7) is 1.34. The molecule has 1 heterocycles. The van der Waals surface area contributed by atoms with Crippen LogP contribution in [-0.4, -0.2) is 16.8 Å². The lowest BCUT2D eigenvalue weighted by Gasteiger charge is -2.18. The van der Waals surface area contributed by atoms with Gasteiger partial charge in [0.05, 0.1) is 11.4 Å². The van der Waals surface area contributed by atoms with E-state index in [1.165, 1.54) is 47.4 Å². The second kappa shape index (κ2) is 10.5. The minimum Gasteiger partial charge on any atom is -0.457 e. The van der Waals surface area contributed by atoms with Crippen molar-refractivity contribution in [2.45, 2.75) is 6.92 Å². The van der Waals surface area contributed by atoms with Gasteiger partial charge in [0.1, 0.15) is 17.3 Å². The zero-order chi connectivity index (χ0) is 23.9. The zero-order valence-electron chi connectivity index (χ0n) is 18.1. The van der Waals surface area contributed by atoms with Crippen LogP contribution in [-0.2, 0) is 9.59 Å². The van der Waals surface area contributed by atoms with E-state index in [9.17, 15) is 14.0 Å². The number of benzene rings is 3. The predicted molar refractivity (Wildman–Crippen MR) is 132 cm³/mol. The van der Waals surface area contributed by atoms with Gasteiger partial charge in [-0.2, -0.15) is 0 Å². The quantitative estimate of drug-likeness (QED) is 0.315. The molecule has 34 heavy (non-hydrogen) atoms. The number of rotatable bonds is 7. The molecule has 6 nitrogen and oxygen atoms in total. The van der Waals surface area contributed by atoms with Gasteiger partial charge < -0.3 is 10.1 Å². The number of hydrogen-bond acceptors (Lipinski definition) is 5. The summed E-state index contributed by atoms with van der Waals surface area (Å²) >= 11 is 1.18. The van der Waals surface area contributed by atoms with Crippen LogP contribution in [0.15, 0.2) is 90.3 Å². The number of amides is 2. The Morgan fingerprint density at radius 2 is 1.74 bits per heavy atom. The van der Waals surface area contributed by atoms with E-state index in [2.05, 4.69) is 10.3 Å². The lowest BCUT2D eigenvalue weighted by molar-refractivity contribution is -0.116. The molecule has 0 saturated carbocycles. The van der Waals surface area contributed by atoms with Gasteiger partial charge >= 0.3 is 0 Å². The third-order valence-electron chi connectivity index (χ3n) is 4.60. The highest BCUT2D eigenvalue weighted by atomic mass is 32.1. The number of ether oxygens (including phenoxy) is 1. The van der Waals surface area contributed by atoms with E-state index >= 15 is 0 Å². The Morgan fingerprint density at radius 3 is 2.50 bits per heavy atom. The van der Waals surface area contributed by atoms with Crippen molar-refractivity contribution in [2.75, 3.05) is 10.2 Å². The Kier molecular flexibility index (Phi) is 7.10. The molecule has 0 aliphatic carbocycles.